The summed E-state index contributed by atoms with van der Waals surface area (Å²) < 4.78 is 24.3. The summed E-state index contributed by atoms with van der Waals surface area (Å²) in [6, 6.07) is 9.22. The Hall–Kier alpha value is -3.07. The van der Waals surface area contributed by atoms with Crippen LogP contribution < -0.4 is 5.76 Å². The summed E-state index contributed by atoms with van der Waals surface area (Å²) in [5.41, 5.74) is 0.500. The third kappa shape index (κ3) is 2.76. The lowest BCUT2D eigenvalue weighted by atomic mass is 10.2. The lowest BCUT2D eigenvalue weighted by Gasteiger charge is -1.93. The van der Waals surface area contributed by atoms with E-state index < -0.39 is 5.76 Å². The summed E-state index contributed by atoms with van der Waals surface area (Å²) >= 11 is 1.47. The number of benzene rings is 1. The second-order valence-corrected chi connectivity index (χ2v) is 5.78. The van der Waals surface area contributed by atoms with Gasteiger partial charge in [0.2, 0.25) is 5.89 Å². The number of nitrogens with zero attached hydrogens (tertiary/aromatic N) is 4. The average molecular weight is 344 g/mol. The van der Waals surface area contributed by atoms with Crippen LogP contribution in [0.25, 0.3) is 22.2 Å². The quantitative estimate of drug-likeness (QED) is 0.566. The number of hydrogen-bond acceptors (Lipinski definition) is 7. The molecule has 0 unspecified atom stereocenters. The van der Waals surface area contributed by atoms with Crippen LogP contribution in [-0.4, -0.2) is 19.9 Å². The van der Waals surface area contributed by atoms with Gasteiger partial charge in [0.15, 0.2) is 5.82 Å². The van der Waals surface area contributed by atoms with E-state index in [4.69, 9.17) is 8.94 Å². The van der Waals surface area contributed by atoms with Crippen LogP contribution >= 0.6 is 11.3 Å². The van der Waals surface area contributed by atoms with E-state index in [-0.39, 0.29) is 18.3 Å². The molecule has 0 amide bonds. The van der Waals surface area contributed by atoms with Crippen LogP contribution in [0.3, 0.4) is 0 Å². The molecule has 0 aliphatic heterocycles. The summed E-state index contributed by atoms with van der Waals surface area (Å²) in [5, 5.41) is 9.80. The highest BCUT2D eigenvalue weighted by Crippen LogP contribution is 2.22. The molecule has 7 nitrogen and oxygen atoms in total. The molecule has 0 spiro atoms. The van der Waals surface area contributed by atoms with E-state index in [0.717, 1.165) is 9.56 Å². The maximum absolute atomic E-state index is 12.9. The summed E-state index contributed by atoms with van der Waals surface area (Å²) in [6.45, 7) is 0.0123. The maximum Gasteiger partial charge on any atom is 0.437 e. The Morgan fingerprint density at radius 1 is 1.17 bits per heavy atom. The van der Waals surface area contributed by atoms with Crippen molar-refractivity contribution in [2.45, 2.75) is 6.54 Å². The van der Waals surface area contributed by atoms with Gasteiger partial charge >= 0.3 is 5.76 Å². The predicted octanol–water partition coefficient (Wildman–Crippen LogP) is 2.80. The number of hydrogen-bond donors (Lipinski definition) is 0. The smallest absolute Gasteiger partial charge is 0.388 e. The van der Waals surface area contributed by atoms with Gasteiger partial charge in [0.05, 0.1) is 4.88 Å². The van der Waals surface area contributed by atoms with Gasteiger partial charge in [-0.3, -0.25) is 0 Å². The lowest BCUT2D eigenvalue weighted by Crippen LogP contribution is -2.17. The van der Waals surface area contributed by atoms with Crippen molar-refractivity contribution < 1.29 is 13.3 Å². The minimum Gasteiger partial charge on any atom is -0.388 e. The average Bonchev–Trinajstić information content (AvgIpc) is 3.30. The van der Waals surface area contributed by atoms with E-state index in [0.29, 0.717) is 17.3 Å². The molecule has 4 rings (SSSR count). The van der Waals surface area contributed by atoms with Gasteiger partial charge in [-0.05, 0) is 35.7 Å². The summed E-state index contributed by atoms with van der Waals surface area (Å²) in [7, 11) is 0. The molecule has 0 fully saturated rings. The van der Waals surface area contributed by atoms with Crippen LogP contribution in [0.1, 0.15) is 5.82 Å². The van der Waals surface area contributed by atoms with E-state index in [1.54, 1.807) is 0 Å². The molecule has 0 aliphatic rings. The molecule has 3 aromatic heterocycles. The molecular formula is C15H9FN4O3S. The summed E-state index contributed by atoms with van der Waals surface area (Å²) in [6.07, 6.45) is 0. The molecule has 0 aliphatic carbocycles. The van der Waals surface area contributed by atoms with Gasteiger partial charge in [0.1, 0.15) is 12.4 Å². The van der Waals surface area contributed by atoms with Crippen molar-refractivity contribution in [3.8, 4) is 22.2 Å². The van der Waals surface area contributed by atoms with Gasteiger partial charge in [-0.1, -0.05) is 11.2 Å². The fourth-order valence-corrected chi connectivity index (χ4v) is 2.71. The number of halogens is 1. The number of rotatable bonds is 4. The molecule has 0 saturated heterocycles. The first-order valence-electron chi connectivity index (χ1n) is 6.89. The van der Waals surface area contributed by atoms with E-state index in [2.05, 4.69) is 15.2 Å². The molecule has 3 heterocycles. The first kappa shape index (κ1) is 14.5. The van der Waals surface area contributed by atoms with E-state index in [1.165, 1.54) is 35.6 Å². The van der Waals surface area contributed by atoms with Crippen LogP contribution in [0.4, 0.5) is 4.39 Å². The second-order valence-electron chi connectivity index (χ2n) is 4.83. The van der Waals surface area contributed by atoms with Crippen molar-refractivity contribution in [3.05, 3.63) is 64.0 Å². The number of thiophene rings is 1. The van der Waals surface area contributed by atoms with Crippen LogP contribution in [0.15, 0.2) is 55.5 Å². The Morgan fingerprint density at radius 3 is 2.75 bits per heavy atom. The van der Waals surface area contributed by atoms with E-state index in [9.17, 15) is 9.18 Å². The molecular weight excluding hydrogens is 335 g/mol. The fraction of sp³-hybridized carbons (Fsp3) is 0.0667. The standard InChI is InChI=1S/C15H9FN4O3S/c16-10-5-3-9(4-6-10)13-18-20(15(21)22-13)8-12-17-14(23-19-12)11-2-1-7-24-11/h1-7H,8H2. The van der Waals surface area contributed by atoms with Gasteiger partial charge in [0, 0.05) is 5.56 Å². The van der Waals surface area contributed by atoms with Crippen molar-refractivity contribution in [2.75, 3.05) is 0 Å². The fourth-order valence-electron chi connectivity index (χ4n) is 2.07. The summed E-state index contributed by atoms with van der Waals surface area (Å²) in [5.74, 6) is -0.248. The van der Waals surface area contributed by atoms with Crippen LogP contribution in [0.5, 0.6) is 0 Å². The molecule has 9 heteroatoms. The first-order chi connectivity index (χ1) is 11.7. The van der Waals surface area contributed by atoms with Gasteiger partial charge < -0.3 is 8.94 Å². The first-order valence-corrected chi connectivity index (χ1v) is 7.77. The minimum atomic E-state index is -0.656. The van der Waals surface area contributed by atoms with Gasteiger partial charge in [-0.25, -0.2) is 9.18 Å². The van der Waals surface area contributed by atoms with Crippen molar-refractivity contribution >= 4 is 11.3 Å². The lowest BCUT2D eigenvalue weighted by molar-refractivity contribution is 0.416. The minimum absolute atomic E-state index is 0.0123. The molecule has 0 radical (unpaired) electrons. The Bertz CT molecular complexity index is 1020. The van der Waals surface area contributed by atoms with Crippen molar-refractivity contribution in [2.24, 2.45) is 0 Å². The zero-order valence-electron chi connectivity index (χ0n) is 12.0. The third-order valence-electron chi connectivity index (χ3n) is 3.19. The zero-order valence-corrected chi connectivity index (χ0v) is 12.9. The highest BCUT2D eigenvalue weighted by molar-refractivity contribution is 7.13. The monoisotopic (exact) mass is 344 g/mol. The molecule has 0 saturated carbocycles. The second kappa shape index (κ2) is 5.85. The topological polar surface area (TPSA) is 87.0 Å². The molecule has 0 N–H and O–H groups in total. The maximum atomic E-state index is 12.9. The molecule has 0 bridgehead atoms. The largest absolute Gasteiger partial charge is 0.437 e. The van der Waals surface area contributed by atoms with E-state index in [1.807, 2.05) is 17.5 Å². The van der Waals surface area contributed by atoms with Gasteiger partial charge in [-0.2, -0.15) is 9.67 Å². The van der Waals surface area contributed by atoms with Gasteiger partial charge in [0.25, 0.3) is 5.89 Å². The third-order valence-corrected chi connectivity index (χ3v) is 4.05. The van der Waals surface area contributed by atoms with Crippen molar-refractivity contribution in [3.63, 3.8) is 0 Å². The Morgan fingerprint density at radius 2 is 2.00 bits per heavy atom. The van der Waals surface area contributed by atoms with Crippen molar-refractivity contribution in [1.82, 2.24) is 19.9 Å². The highest BCUT2D eigenvalue weighted by Gasteiger charge is 2.15. The van der Waals surface area contributed by atoms with E-state index >= 15 is 0 Å². The summed E-state index contributed by atoms with van der Waals surface area (Å²) in [4.78, 5) is 17.0. The molecule has 1 aromatic carbocycles. The van der Waals surface area contributed by atoms with Gasteiger partial charge in [-0.15, -0.1) is 16.4 Å². The SMILES string of the molecule is O=c1oc(-c2ccc(F)cc2)nn1Cc1noc(-c2cccs2)n1. The Kier molecular flexibility index (Phi) is 3.54. The van der Waals surface area contributed by atoms with Crippen LogP contribution in [-0.2, 0) is 6.54 Å². The molecule has 120 valence electrons. The highest BCUT2D eigenvalue weighted by atomic mass is 32.1. The normalized spacial score (nSPS) is 11.0. The van der Waals surface area contributed by atoms with Crippen LogP contribution in [0, 0.1) is 5.82 Å². The molecule has 24 heavy (non-hydrogen) atoms. The van der Waals surface area contributed by atoms with Crippen molar-refractivity contribution in [1.29, 1.82) is 0 Å². The zero-order chi connectivity index (χ0) is 16.5. The Balaban J connectivity index is 1.59. The predicted molar refractivity (Wildman–Crippen MR) is 82.9 cm³/mol. The Labute approximate surface area is 138 Å². The molecule has 4 aromatic rings. The van der Waals surface area contributed by atoms with Crippen LogP contribution in [0.2, 0.25) is 0 Å². The molecule has 0 atom stereocenters. The number of aromatic nitrogens is 4.